The van der Waals surface area contributed by atoms with E-state index in [-0.39, 0.29) is 21.7 Å². The Bertz CT molecular complexity index is 1080. The van der Waals surface area contributed by atoms with Crippen molar-refractivity contribution >= 4 is 26.7 Å². The molecule has 24 heavy (non-hydrogen) atoms. The number of aromatic carboxylic acids is 1. The van der Waals surface area contributed by atoms with Crippen LogP contribution in [0.1, 0.15) is 16.1 Å². The van der Waals surface area contributed by atoms with Crippen LogP contribution in [0.3, 0.4) is 0 Å². The van der Waals surface area contributed by atoms with Crippen molar-refractivity contribution in [3.8, 4) is 11.3 Å². The van der Waals surface area contributed by atoms with Crippen molar-refractivity contribution in [2.75, 3.05) is 6.26 Å². The van der Waals surface area contributed by atoms with Gasteiger partial charge in [0.15, 0.2) is 9.84 Å². The number of carbonyl (C=O) groups is 1. The van der Waals surface area contributed by atoms with Gasteiger partial charge in [-0.1, -0.05) is 12.1 Å². The van der Waals surface area contributed by atoms with Crippen molar-refractivity contribution < 1.29 is 18.3 Å². The van der Waals surface area contributed by atoms with Gasteiger partial charge in [-0.15, -0.1) is 0 Å². The van der Waals surface area contributed by atoms with Crippen LogP contribution < -0.4 is 0 Å². The Kier molecular flexibility index (Phi) is 3.81. The van der Waals surface area contributed by atoms with Gasteiger partial charge in [0.1, 0.15) is 0 Å². The largest absolute Gasteiger partial charge is 0.478 e. The smallest absolute Gasteiger partial charge is 0.337 e. The summed E-state index contributed by atoms with van der Waals surface area (Å²) < 4.78 is 24.0. The highest BCUT2D eigenvalue weighted by atomic mass is 32.2. The van der Waals surface area contributed by atoms with E-state index >= 15 is 0 Å². The lowest BCUT2D eigenvalue weighted by atomic mass is 10.0. The maximum atomic E-state index is 12.0. The van der Waals surface area contributed by atoms with Gasteiger partial charge in [-0.05, 0) is 31.2 Å². The van der Waals surface area contributed by atoms with E-state index in [4.69, 9.17) is 0 Å². The first-order chi connectivity index (χ1) is 11.3. The van der Waals surface area contributed by atoms with E-state index in [0.717, 1.165) is 6.26 Å². The van der Waals surface area contributed by atoms with Gasteiger partial charge in [0, 0.05) is 29.1 Å². The molecule has 122 valence electrons. The molecule has 0 aliphatic rings. The molecule has 2 heterocycles. The van der Waals surface area contributed by atoms with Crippen LogP contribution in [0.4, 0.5) is 0 Å². The van der Waals surface area contributed by atoms with Crippen LogP contribution in [0, 0.1) is 6.92 Å². The Hall–Kier alpha value is -2.80. The van der Waals surface area contributed by atoms with Crippen molar-refractivity contribution in [3.63, 3.8) is 0 Å². The zero-order valence-electron chi connectivity index (χ0n) is 13.0. The Balaban J connectivity index is 2.46. The third-order valence-corrected chi connectivity index (χ3v) is 4.83. The summed E-state index contributed by atoms with van der Waals surface area (Å²) in [5.74, 6) is -1.13. The Morgan fingerprint density at radius 3 is 2.54 bits per heavy atom. The summed E-state index contributed by atoms with van der Waals surface area (Å²) in [7, 11) is -3.50. The van der Waals surface area contributed by atoms with Crippen molar-refractivity contribution in [1.82, 2.24) is 9.97 Å². The topological polar surface area (TPSA) is 97.2 Å². The van der Waals surface area contributed by atoms with E-state index in [0.29, 0.717) is 16.6 Å². The molecule has 0 aliphatic carbocycles. The Morgan fingerprint density at radius 1 is 1.17 bits per heavy atom. The number of sulfone groups is 1. The number of pyridine rings is 2. The van der Waals surface area contributed by atoms with Gasteiger partial charge in [-0.2, -0.15) is 0 Å². The minimum atomic E-state index is -3.50. The fraction of sp³-hybridized carbons (Fsp3) is 0.118. The molecule has 0 aliphatic heterocycles. The summed E-state index contributed by atoms with van der Waals surface area (Å²) in [5.41, 5.74) is 1.63. The number of nitrogens with zero attached hydrogens (tertiary/aromatic N) is 2. The highest BCUT2D eigenvalue weighted by Gasteiger charge is 2.20. The minimum absolute atomic E-state index is 0.00394. The van der Waals surface area contributed by atoms with Crippen LogP contribution in [0.5, 0.6) is 0 Å². The van der Waals surface area contributed by atoms with Gasteiger partial charge in [0.2, 0.25) is 0 Å². The first-order valence-corrected chi connectivity index (χ1v) is 8.97. The number of fused-ring (bicyclic) bond motifs is 1. The van der Waals surface area contributed by atoms with Crippen molar-refractivity contribution in [2.45, 2.75) is 11.8 Å². The van der Waals surface area contributed by atoms with Crippen LogP contribution in [0.2, 0.25) is 0 Å². The van der Waals surface area contributed by atoms with Crippen LogP contribution in [-0.4, -0.2) is 35.7 Å². The lowest BCUT2D eigenvalue weighted by Crippen LogP contribution is -2.06. The Morgan fingerprint density at radius 2 is 1.92 bits per heavy atom. The lowest BCUT2D eigenvalue weighted by molar-refractivity contribution is 0.0697. The molecule has 2 aromatic heterocycles. The van der Waals surface area contributed by atoms with Gasteiger partial charge in [0.05, 0.1) is 21.7 Å². The van der Waals surface area contributed by atoms with E-state index in [1.54, 1.807) is 37.4 Å². The first-order valence-electron chi connectivity index (χ1n) is 7.08. The summed E-state index contributed by atoms with van der Waals surface area (Å²) in [6.07, 6.45) is 2.70. The van der Waals surface area contributed by atoms with Crippen LogP contribution in [-0.2, 0) is 9.84 Å². The Labute approximate surface area is 138 Å². The highest BCUT2D eigenvalue weighted by Crippen LogP contribution is 2.30. The molecule has 0 saturated heterocycles. The summed E-state index contributed by atoms with van der Waals surface area (Å²) in [4.78, 5) is 20.3. The average molecular weight is 342 g/mol. The summed E-state index contributed by atoms with van der Waals surface area (Å²) in [6, 6.07) is 9.52. The molecule has 1 N–H and O–H groups in total. The molecule has 0 radical (unpaired) electrons. The minimum Gasteiger partial charge on any atom is -0.478 e. The third kappa shape index (κ3) is 2.74. The molecule has 7 heteroatoms. The normalized spacial score (nSPS) is 11.6. The van der Waals surface area contributed by atoms with E-state index in [9.17, 15) is 18.3 Å². The molecule has 0 fully saturated rings. The fourth-order valence-corrected chi connectivity index (χ4v) is 3.41. The van der Waals surface area contributed by atoms with E-state index in [1.165, 1.54) is 12.1 Å². The highest BCUT2D eigenvalue weighted by molar-refractivity contribution is 7.91. The van der Waals surface area contributed by atoms with Crippen molar-refractivity contribution in [3.05, 3.63) is 53.9 Å². The van der Waals surface area contributed by atoms with E-state index < -0.39 is 15.8 Å². The van der Waals surface area contributed by atoms with Crippen molar-refractivity contribution in [2.24, 2.45) is 0 Å². The number of carboxylic acids is 1. The maximum Gasteiger partial charge on any atom is 0.337 e. The number of aryl methyl sites for hydroxylation is 1. The number of rotatable bonds is 3. The molecule has 0 spiro atoms. The second-order valence-electron chi connectivity index (χ2n) is 5.43. The number of para-hydroxylation sites is 1. The third-order valence-electron chi connectivity index (χ3n) is 3.70. The quantitative estimate of drug-likeness (QED) is 0.786. The summed E-state index contributed by atoms with van der Waals surface area (Å²) in [5, 5.41) is 9.99. The van der Waals surface area contributed by atoms with E-state index in [1.807, 2.05) is 0 Å². The monoisotopic (exact) mass is 342 g/mol. The zero-order chi connectivity index (χ0) is 17.5. The molecule has 3 aromatic rings. The number of hydrogen-bond acceptors (Lipinski definition) is 5. The summed E-state index contributed by atoms with van der Waals surface area (Å²) >= 11 is 0. The van der Waals surface area contributed by atoms with Gasteiger partial charge in [0.25, 0.3) is 0 Å². The first kappa shape index (κ1) is 16.1. The predicted molar refractivity (Wildman–Crippen MR) is 89.8 cm³/mol. The van der Waals surface area contributed by atoms with Crippen LogP contribution in [0.25, 0.3) is 22.2 Å². The number of aromatic nitrogens is 2. The molecule has 0 amide bonds. The maximum absolute atomic E-state index is 12.0. The molecular formula is C17H14N2O4S. The van der Waals surface area contributed by atoms with Gasteiger partial charge >= 0.3 is 5.97 Å². The standard InChI is InChI=1S/C17H14N2O4S/c1-10-12(6-4-8-18-10)16-13(17(20)21)9-11-5-3-7-14(15(11)19-16)24(2,22)23/h3-9H,1-2H3,(H,20,21). The van der Waals surface area contributed by atoms with Crippen molar-refractivity contribution in [1.29, 1.82) is 0 Å². The molecule has 0 bridgehead atoms. The van der Waals surface area contributed by atoms with Gasteiger partial charge in [-0.25, -0.2) is 18.2 Å². The zero-order valence-corrected chi connectivity index (χ0v) is 13.8. The van der Waals surface area contributed by atoms with Gasteiger partial charge < -0.3 is 5.11 Å². The van der Waals surface area contributed by atoms with Crippen LogP contribution >= 0.6 is 0 Å². The molecule has 0 unspecified atom stereocenters. The van der Waals surface area contributed by atoms with Gasteiger partial charge in [-0.3, -0.25) is 4.98 Å². The average Bonchev–Trinajstić information content (AvgIpc) is 2.52. The lowest BCUT2D eigenvalue weighted by Gasteiger charge is -2.11. The fourth-order valence-electron chi connectivity index (χ4n) is 2.57. The number of carboxylic acid groups (broad SMARTS) is 1. The molecule has 1 aromatic carbocycles. The molecule has 0 saturated carbocycles. The SMILES string of the molecule is Cc1ncccc1-c1nc2c(S(C)(=O)=O)cccc2cc1C(=O)O. The van der Waals surface area contributed by atoms with Crippen LogP contribution in [0.15, 0.2) is 47.5 Å². The van der Waals surface area contributed by atoms with E-state index in [2.05, 4.69) is 9.97 Å². The summed E-state index contributed by atoms with van der Waals surface area (Å²) in [6.45, 7) is 1.75. The number of benzene rings is 1. The molecule has 0 atom stereocenters. The molecule has 3 rings (SSSR count). The molecular weight excluding hydrogens is 328 g/mol. The second kappa shape index (κ2) is 5.68. The number of hydrogen-bond donors (Lipinski definition) is 1. The predicted octanol–water partition coefficient (Wildman–Crippen LogP) is 2.71. The molecule has 6 nitrogen and oxygen atoms in total. The second-order valence-corrected chi connectivity index (χ2v) is 7.41.